The van der Waals surface area contributed by atoms with Crippen LogP contribution >= 0.6 is 0 Å². The molecule has 4 aliphatic heterocycles. The third-order valence-electron chi connectivity index (χ3n) is 13.2. The average Bonchev–Trinajstić information content (AvgIpc) is 3.32. The number of rotatable bonds is 16. The molecule has 8 rings (SSSR count). The zero-order chi connectivity index (χ0) is 46.9. The van der Waals surface area contributed by atoms with Gasteiger partial charge in [-0.2, -0.15) is 0 Å². The van der Waals surface area contributed by atoms with E-state index in [1.807, 2.05) is 11.0 Å². The number of piperidine rings is 1. The lowest BCUT2D eigenvalue weighted by Gasteiger charge is -2.40. The van der Waals surface area contributed by atoms with Crippen LogP contribution in [0.15, 0.2) is 73.3 Å². The molecule has 5 amide bonds. The lowest BCUT2D eigenvalue weighted by Crippen LogP contribution is -2.55. The van der Waals surface area contributed by atoms with E-state index in [2.05, 4.69) is 40.7 Å². The van der Waals surface area contributed by atoms with E-state index in [1.54, 1.807) is 52.5 Å². The molecule has 6 heterocycles. The van der Waals surface area contributed by atoms with Gasteiger partial charge in [0, 0.05) is 133 Å². The van der Waals surface area contributed by atoms with Crippen LogP contribution < -0.4 is 21.7 Å². The number of pyridine rings is 1. The highest BCUT2D eigenvalue weighted by Gasteiger charge is 2.32. The number of nitrogens with one attached hydrogen (secondary N) is 4. The van der Waals surface area contributed by atoms with Gasteiger partial charge >= 0.3 is 0 Å². The molecule has 4 aromatic rings. The predicted octanol–water partition coefficient (Wildman–Crippen LogP) is 1.59. The molecule has 18 nitrogen and oxygen atoms in total. The van der Waals surface area contributed by atoms with Gasteiger partial charge in [-0.3, -0.25) is 28.9 Å². The zero-order valence-electron chi connectivity index (χ0n) is 37.6. The van der Waals surface area contributed by atoms with E-state index >= 15 is 4.39 Å². The summed E-state index contributed by atoms with van der Waals surface area (Å²) in [6.45, 7) is 8.93. The average molecular weight is 916 g/mol. The second-order valence-electron chi connectivity index (χ2n) is 17.7. The maximum Gasteiger partial charge on any atom is 0.274 e. The Morgan fingerprint density at radius 2 is 1.49 bits per heavy atom. The second-order valence-corrected chi connectivity index (χ2v) is 17.7. The van der Waals surface area contributed by atoms with Crippen molar-refractivity contribution in [2.75, 3.05) is 103 Å². The fourth-order valence-corrected chi connectivity index (χ4v) is 9.11. The number of benzene rings is 2. The number of anilines is 1. The van der Waals surface area contributed by atoms with Crippen molar-refractivity contribution in [1.82, 2.24) is 50.1 Å². The first kappa shape index (κ1) is 47.0. The van der Waals surface area contributed by atoms with Gasteiger partial charge in [0.05, 0.1) is 30.0 Å². The Morgan fingerprint density at radius 3 is 2.18 bits per heavy atom. The minimum absolute atomic E-state index is 0.00246. The summed E-state index contributed by atoms with van der Waals surface area (Å²) in [7, 11) is 0. The van der Waals surface area contributed by atoms with Crippen LogP contribution in [0.1, 0.15) is 72.3 Å². The molecule has 2 aromatic carbocycles. The monoisotopic (exact) mass is 915 g/mol. The molecular weight excluding hydrogens is 858 g/mol. The molecule has 19 heteroatoms. The molecule has 0 spiro atoms. The van der Waals surface area contributed by atoms with Crippen molar-refractivity contribution in [2.24, 2.45) is 11.7 Å². The lowest BCUT2D eigenvalue weighted by atomic mass is 9.94. The van der Waals surface area contributed by atoms with Gasteiger partial charge in [-0.1, -0.05) is 24.3 Å². The van der Waals surface area contributed by atoms with Crippen molar-refractivity contribution < 1.29 is 28.4 Å². The minimum atomic E-state index is -0.662. The third-order valence-corrected chi connectivity index (χ3v) is 13.2. The Kier molecular flexibility index (Phi) is 15.3. The summed E-state index contributed by atoms with van der Waals surface area (Å²) in [6.07, 6.45) is 6.65. The van der Waals surface area contributed by atoms with Crippen molar-refractivity contribution in [3.8, 4) is 0 Å². The van der Waals surface area contributed by atoms with Gasteiger partial charge in [0.1, 0.15) is 12.1 Å². The number of likely N-dealkylation sites (tertiary alicyclic amines) is 1. The number of nitrogens with two attached hydrogens (primary N) is 1. The van der Waals surface area contributed by atoms with Crippen LogP contribution in [-0.4, -0.2) is 173 Å². The summed E-state index contributed by atoms with van der Waals surface area (Å²) in [5.74, 6) is -1.53. The normalized spacial score (nSPS) is 17.5. The number of amides is 5. The van der Waals surface area contributed by atoms with Crippen molar-refractivity contribution >= 4 is 40.9 Å². The number of aromatic nitrogens is 3. The molecule has 0 unspecified atom stereocenters. The standard InChI is InChI=1S/C48H58FN13O5/c49-40-6-5-33(22-41(50)37-3-1-2-4-38(37)46(51)65)21-39(40)47(66)62-19-17-60(18-20-62)44(64)30-59-15-13-58(14-16-59)29-32-8-11-61(12-9-32)48(67)45-42(23-34(26-55-45)35-24-53-25-35)57-43(63)28-54-27-36-7-10-52-31-56-36/h1-7,10,21,23,26,31-32,35,50,53-54H,8-9,11-20,22,24-25,27-30H2,(H2,51,65)(H,57,63). The summed E-state index contributed by atoms with van der Waals surface area (Å²) in [4.78, 5) is 88.2. The molecule has 0 aliphatic carbocycles. The van der Waals surface area contributed by atoms with Crippen molar-refractivity contribution in [3.63, 3.8) is 0 Å². The third kappa shape index (κ3) is 11.9. The van der Waals surface area contributed by atoms with Gasteiger partial charge in [-0.25, -0.2) is 19.3 Å². The summed E-state index contributed by atoms with van der Waals surface area (Å²) in [5.41, 5.74) is 9.11. The van der Waals surface area contributed by atoms with Gasteiger partial charge < -0.3 is 46.7 Å². The molecule has 352 valence electrons. The summed E-state index contributed by atoms with van der Waals surface area (Å²) < 4.78 is 15.0. The highest BCUT2D eigenvalue weighted by molar-refractivity contribution is 6.09. The van der Waals surface area contributed by atoms with E-state index in [0.29, 0.717) is 62.0 Å². The minimum Gasteiger partial charge on any atom is -0.366 e. The number of carbonyl (C=O) groups excluding carboxylic acids is 5. The molecule has 0 radical (unpaired) electrons. The molecule has 4 aliphatic rings. The molecule has 4 saturated heterocycles. The van der Waals surface area contributed by atoms with E-state index in [0.717, 1.165) is 69.9 Å². The molecule has 67 heavy (non-hydrogen) atoms. The van der Waals surface area contributed by atoms with Crippen LogP contribution in [0.2, 0.25) is 0 Å². The molecule has 0 bridgehead atoms. The molecule has 0 saturated carbocycles. The maximum atomic E-state index is 15.0. The maximum absolute atomic E-state index is 15.0. The number of hydrogen-bond donors (Lipinski definition) is 5. The largest absolute Gasteiger partial charge is 0.366 e. The number of primary amides is 1. The Labute approximate surface area is 389 Å². The number of piperazine rings is 2. The Bertz CT molecular complexity index is 2450. The summed E-state index contributed by atoms with van der Waals surface area (Å²) in [5, 5.41) is 17.9. The van der Waals surface area contributed by atoms with E-state index in [9.17, 15) is 24.0 Å². The van der Waals surface area contributed by atoms with Crippen LogP contribution in [0.4, 0.5) is 10.1 Å². The van der Waals surface area contributed by atoms with E-state index < -0.39 is 17.6 Å². The number of nitrogens with zero attached hydrogens (tertiary/aromatic N) is 8. The highest BCUT2D eigenvalue weighted by Crippen LogP contribution is 2.27. The zero-order valence-corrected chi connectivity index (χ0v) is 37.6. The van der Waals surface area contributed by atoms with Crippen LogP contribution in [-0.2, 0) is 22.6 Å². The van der Waals surface area contributed by atoms with E-state index in [-0.39, 0.29) is 72.2 Å². The first-order valence-corrected chi connectivity index (χ1v) is 23.0. The van der Waals surface area contributed by atoms with Crippen LogP contribution in [0, 0.1) is 17.1 Å². The van der Waals surface area contributed by atoms with Crippen LogP contribution in [0.5, 0.6) is 0 Å². The number of carbonyl (C=O) groups is 5. The van der Waals surface area contributed by atoms with Gasteiger partial charge in [0.2, 0.25) is 17.7 Å². The predicted molar refractivity (Wildman–Crippen MR) is 248 cm³/mol. The number of halogens is 1. The van der Waals surface area contributed by atoms with E-state index in [4.69, 9.17) is 11.1 Å². The van der Waals surface area contributed by atoms with Gasteiger partial charge in [-0.15, -0.1) is 0 Å². The molecule has 0 atom stereocenters. The van der Waals surface area contributed by atoms with Crippen molar-refractivity contribution in [3.05, 3.63) is 118 Å². The van der Waals surface area contributed by atoms with Gasteiger partial charge in [-0.05, 0) is 60.2 Å². The van der Waals surface area contributed by atoms with Crippen LogP contribution in [0.25, 0.3) is 0 Å². The smallest absolute Gasteiger partial charge is 0.274 e. The first-order valence-electron chi connectivity index (χ1n) is 23.0. The van der Waals surface area contributed by atoms with Crippen LogP contribution in [0.3, 0.4) is 0 Å². The Morgan fingerprint density at radius 1 is 0.791 bits per heavy atom. The van der Waals surface area contributed by atoms with E-state index in [1.165, 1.54) is 24.5 Å². The number of hydrogen-bond acceptors (Lipinski definition) is 13. The fraction of sp³-hybridized carbons (Fsp3) is 0.438. The first-order chi connectivity index (χ1) is 32.5. The fourth-order valence-electron chi connectivity index (χ4n) is 9.11. The molecule has 4 fully saturated rings. The quantitative estimate of drug-likeness (QED) is 0.101. The van der Waals surface area contributed by atoms with Crippen molar-refractivity contribution in [2.45, 2.75) is 31.7 Å². The topological polar surface area (TPSA) is 226 Å². The highest BCUT2D eigenvalue weighted by atomic mass is 19.1. The molecular formula is C48H58FN13O5. The Hall–Kier alpha value is -6.54. The van der Waals surface area contributed by atoms with Gasteiger partial charge in [0.15, 0.2) is 5.69 Å². The summed E-state index contributed by atoms with van der Waals surface area (Å²) in [6, 6.07) is 14.4. The summed E-state index contributed by atoms with van der Waals surface area (Å²) >= 11 is 0. The molecule has 2 aromatic heterocycles. The lowest BCUT2D eigenvalue weighted by molar-refractivity contribution is -0.134. The Balaban J connectivity index is 0.753. The SMILES string of the molecule is N=C(Cc1ccc(F)c(C(=O)N2CCN(C(=O)CN3CCN(CC4CCN(C(=O)c5ncc(C6CNC6)cc5NC(=O)CNCc5ccncn5)CC4)CC3)CC2)c1)c1ccccc1C(N)=O. The van der Waals surface area contributed by atoms with Crippen molar-refractivity contribution in [1.29, 1.82) is 5.41 Å². The van der Waals surface area contributed by atoms with Gasteiger partial charge in [0.25, 0.3) is 11.8 Å². The second kappa shape index (κ2) is 21.8. The molecule has 6 N–H and O–H groups in total.